The lowest BCUT2D eigenvalue weighted by Gasteiger charge is -2.07. The zero-order valence-electron chi connectivity index (χ0n) is 11.1. The number of thiazole rings is 1. The van der Waals surface area contributed by atoms with Crippen LogP contribution >= 0.6 is 11.3 Å². The molecule has 0 unspecified atom stereocenters. The average Bonchev–Trinajstić information content (AvgIpc) is 2.69. The third kappa shape index (κ3) is 4.72. The SMILES string of the molecule is Cc1nc(CN)sc1C(=O)OCCOCC(C)C. The fourth-order valence-electron chi connectivity index (χ4n) is 1.31. The number of hydrogen-bond acceptors (Lipinski definition) is 6. The first kappa shape index (κ1) is 15.1. The Hall–Kier alpha value is -0.980. The Bertz CT molecular complexity index is 391. The van der Waals surface area contributed by atoms with Crippen LogP contribution in [0.25, 0.3) is 0 Å². The fourth-order valence-corrected chi connectivity index (χ4v) is 2.14. The van der Waals surface area contributed by atoms with Crippen molar-refractivity contribution in [3.63, 3.8) is 0 Å². The van der Waals surface area contributed by atoms with E-state index in [0.717, 1.165) is 5.01 Å². The summed E-state index contributed by atoms with van der Waals surface area (Å²) in [5, 5.41) is 0.746. The molecule has 6 heteroatoms. The van der Waals surface area contributed by atoms with Crippen LogP contribution in [0.1, 0.15) is 34.2 Å². The first-order valence-electron chi connectivity index (χ1n) is 5.95. The Labute approximate surface area is 111 Å². The van der Waals surface area contributed by atoms with Crippen molar-refractivity contribution >= 4 is 17.3 Å². The van der Waals surface area contributed by atoms with E-state index in [1.165, 1.54) is 11.3 Å². The molecule has 0 aliphatic heterocycles. The van der Waals surface area contributed by atoms with Gasteiger partial charge in [0.25, 0.3) is 0 Å². The summed E-state index contributed by atoms with van der Waals surface area (Å²) in [6.07, 6.45) is 0. The van der Waals surface area contributed by atoms with Gasteiger partial charge in [0.1, 0.15) is 16.5 Å². The molecule has 0 saturated carbocycles. The summed E-state index contributed by atoms with van der Waals surface area (Å²) < 4.78 is 10.4. The molecule has 0 atom stereocenters. The highest BCUT2D eigenvalue weighted by Crippen LogP contribution is 2.18. The smallest absolute Gasteiger partial charge is 0.350 e. The van der Waals surface area contributed by atoms with Crippen molar-refractivity contribution in [2.24, 2.45) is 11.7 Å². The van der Waals surface area contributed by atoms with Crippen LogP contribution in [0.15, 0.2) is 0 Å². The van der Waals surface area contributed by atoms with E-state index < -0.39 is 0 Å². The van der Waals surface area contributed by atoms with Gasteiger partial charge in [0.15, 0.2) is 0 Å². The minimum absolute atomic E-state index is 0.265. The number of nitrogens with zero attached hydrogens (tertiary/aromatic N) is 1. The molecule has 0 amide bonds. The molecule has 0 bridgehead atoms. The maximum absolute atomic E-state index is 11.7. The summed E-state index contributed by atoms with van der Waals surface area (Å²) in [4.78, 5) is 16.4. The Balaban J connectivity index is 2.34. The van der Waals surface area contributed by atoms with Crippen molar-refractivity contribution in [2.45, 2.75) is 27.3 Å². The standard InChI is InChI=1S/C12H20N2O3S/c1-8(2)7-16-4-5-17-12(15)11-9(3)14-10(6-13)18-11/h8H,4-7,13H2,1-3H3. The third-order valence-corrected chi connectivity index (χ3v) is 3.27. The molecule has 0 aliphatic carbocycles. The van der Waals surface area contributed by atoms with Crippen LogP contribution in [0.2, 0.25) is 0 Å². The second kappa shape index (κ2) is 7.45. The van der Waals surface area contributed by atoms with Crippen molar-refractivity contribution < 1.29 is 14.3 Å². The van der Waals surface area contributed by atoms with Crippen LogP contribution in [0.3, 0.4) is 0 Å². The highest BCUT2D eigenvalue weighted by molar-refractivity contribution is 7.13. The van der Waals surface area contributed by atoms with Crippen molar-refractivity contribution in [3.05, 3.63) is 15.6 Å². The third-order valence-electron chi connectivity index (χ3n) is 2.11. The number of esters is 1. The number of nitrogens with two attached hydrogens (primary N) is 1. The largest absolute Gasteiger partial charge is 0.459 e. The van der Waals surface area contributed by atoms with Crippen LogP contribution < -0.4 is 5.73 Å². The highest BCUT2D eigenvalue weighted by Gasteiger charge is 2.15. The minimum Gasteiger partial charge on any atom is -0.459 e. The molecule has 0 spiro atoms. The van der Waals surface area contributed by atoms with Gasteiger partial charge in [-0.3, -0.25) is 0 Å². The van der Waals surface area contributed by atoms with E-state index >= 15 is 0 Å². The summed E-state index contributed by atoms with van der Waals surface area (Å²) in [6.45, 7) is 7.63. The van der Waals surface area contributed by atoms with Crippen LogP contribution in [-0.2, 0) is 16.0 Å². The molecule has 1 aromatic heterocycles. The molecule has 1 aromatic rings. The Morgan fingerprint density at radius 1 is 1.44 bits per heavy atom. The molecule has 0 fully saturated rings. The molecule has 102 valence electrons. The first-order chi connectivity index (χ1) is 8.54. The Kier molecular flexibility index (Phi) is 6.24. The van der Waals surface area contributed by atoms with Gasteiger partial charge in [-0.15, -0.1) is 11.3 Å². The van der Waals surface area contributed by atoms with Crippen molar-refractivity contribution in [1.82, 2.24) is 4.98 Å². The Morgan fingerprint density at radius 2 is 2.17 bits per heavy atom. The molecule has 0 saturated heterocycles. The fraction of sp³-hybridized carbons (Fsp3) is 0.667. The first-order valence-corrected chi connectivity index (χ1v) is 6.77. The van der Waals surface area contributed by atoms with Gasteiger partial charge in [-0.1, -0.05) is 13.8 Å². The maximum Gasteiger partial charge on any atom is 0.350 e. The average molecular weight is 272 g/mol. The molecule has 1 rings (SSSR count). The van der Waals surface area contributed by atoms with Gasteiger partial charge in [-0.25, -0.2) is 9.78 Å². The number of aryl methyl sites for hydroxylation is 1. The normalized spacial score (nSPS) is 10.9. The number of ether oxygens (including phenoxy) is 2. The molecule has 18 heavy (non-hydrogen) atoms. The molecule has 0 radical (unpaired) electrons. The van der Waals surface area contributed by atoms with Gasteiger partial charge in [-0.05, 0) is 12.8 Å². The van der Waals surface area contributed by atoms with E-state index in [2.05, 4.69) is 18.8 Å². The van der Waals surface area contributed by atoms with Gasteiger partial charge >= 0.3 is 5.97 Å². The van der Waals surface area contributed by atoms with Crippen molar-refractivity contribution in [3.8, 4) is 0 Å². The van der Waals surface area contributed by atoms with E-state index in [1.807, 2.05) is 0 Å². The number of carbonyl (C=O) groups is 1. The molecule has 0 aromatic carbocycles. The topological polar surface area (TPSA) is 74.4 Å². The van der Waals surface area contributed by atoms with E-state index in [1.54, 1.807) is 6.92 Å². The minimum atomic E-state index is -0.349. The monoisotopic (exact) mass is 272 g/mol. The summed E-state index contributed by atoms with van der Waals surface area (Å²) in [6, 6.07) is 0. The second-order valence-corrected chi connectivity index (χ2v) is 5.41. The molecule has 5 nitrogen and oxygen atoms in total. The molecule has 0 aliphatic rings. The summed E-state index contributed by atoms with van der Waals surface area (Å²) in [7, 11) is 0. The van der Waals surface area contributed by atoms with E-state index in [4.69, 9.17) is 15.2 Å². The number of rotatable bonds is 7. The summed E-state index contributed by atoms with van der Waals surface area (Å²) >= 11 is 1.28. The number of carbonyl (C=O) groups excluding carboxylic acids is 1. The van der Waals surface area contributed by atoms with Crippen LogP contribution in [0.4, 0.5) is 0 Å². The molecule has 1 heterocycles. The predicted molar refractivity (Wildman–Crippen MR) is 70.7 cm³/mol. The van der Waals surface area contributed by atoms with E-state index in [-0.39, 0.29) is 12.6 Å². The lowest BCUT2D eigenvalue weighted by molar-refractivity contribution is 0.0281. The maximum atomic E-state index is 11.7. The van der Waals surface area contributed by atoms with Gasteiger partial charge in [0.05, 0.1) is 12.3 Å². The lowest BCUT2D eigenvalue weighted by Crippen LogP contribution is -2.12. The van der Waals surface area contributed by atoms with E-state index in [0.29, 0.717) is 36.2 Å². The molecule has 2 N–H and O–H groups in total. The summed E-state index contributed by atoms with van der Waals surface area (Å²) in [5.74, 6) is 0.134. The Morgan fingerprint density at radius 3 is 2.72 bits per heavy atom. The van der Waals surface area contributed by atoms with Gasteiger partial charge in [0, 0.05) is 13.2 Å². The number of hydrogen-bond donors (Lipinski definition) is 1. The van der Waals surface area contributed by atoms with Crippen LogP contribution in [0.5, 0.6) is 0 Å². The van der Waals surface area contributed by atoms with Crippen LogP contribution in [-0.4, -0.2) is 30.8 Å². The van der Waals surface area contributed by atoms with Gasteiger partial charge < -0.3 is 15.2 Å². The van der Waals surface area contributed by atoms with Crippen molar-refractivity contribution in [1.29, 1.82) is 0 Å². The number of aromatic nitrogens is 1. The lowest BCUT2D eigenvalue weighted by atomic mass is 10.2. The predicted octanol–water partition coefficient (Wildman–Crippen LogP) is 1.74. The van der Waals surface area contributed by atoms with Crippen molar-refractivity contribution in [2.75, 3.05) is 19.8 Å². The summed E-state index contributed by atoms with van der Waals surface area (Å²) in [5.41, 5.74) is 6.15. The zero-order valence-corrected chi connectivity index (χ0v) is 11.9. The second-order valence-electron chi connectivity index (χ2n) is 4.33. The molecular weight excluding hydrogens is 252 g/mol. The zero-order chi connectivity index (χ0) is 13.5. The van der Waals surface area contributed by atoms with Gasteiger partial charge in [0.2, 0.25) is 0 Å². The highest BCUT2D eigenvalue weighted by atomic mass is 32.1. The quantitative estimate of drug-likeness (QED) is 0.604. The molecular formula is C12H20N2O3S. The van der Waals surface area contributed by atoms with Crippen LogP contribution in [0, 0.1) is 12.8 Å². The van der Waals surface area contributed by atoms with E-state index in [9.17, 15) is 4.79 Å². The van der Waals surface area contributed by atoms with Gasteiger partial charge in [-0.2, -0.15) is 0 Å².